The predicted molar refractivity (Wildman–Crippen MR) is 104 cm³/mol. The van der Waals surface area contributed by atoms with Gasteiger partial charge in [-0.05, 0) is 48.6 Å². The zero-order valence-electron chi connectivity index (χ0n) is 14.7. The minimum Gasteiger partial charge on any atom is -0.352 e. The van der Waals surface area contributed by atoms with Crippen LogP contribution in [-0.4, -0.2) is 20.9 Å². The highest BCUT2D eigenvalue weighted by atomic mass is 32.2. The van der Waals surface area contributed by atoms with E-state index in [4.69, 9.17) is 0 Å². The van der Waals surface area contributed by atoms with Gasteiger partial charge in [0.05, 0.1) is 16.2 Å². The smallest absolute Gasteiger partial charge is 0.258 e. The largest absolute Gasteiger partial charge is 0.352 e. The van der Waals surface area contributed by atoms with Crippen molar-refractivity contribution in [2.75, 3.05) is 11.3 Å². The summed E-state index contributed by atoms with van der Waals surface area (Å²) < 4.78 is 28.3. The first-order valence-corrected chi connectivity index (χ1v) is 10.2. The number of hydrogen-bond acceptors (Lipinski definition) is 3. The predicted octanol–water partition coefficient (Wildman–Crippen LogP) is 3.56. The number of sulfonamides is 1. The first kappa shape index (κ1) is 18.2. The monoisotopic (exact) mass is 370 g/mol. The van der Waals surface area contributed by atoms with Gasteiger partial charge in [0.1, 0.15) is 0 Å². The highest BCUT2D eigenvalue weighted by molar-refractivity contribution is 7.96. The van der Waals surface area contributed by atoms with E-state index in [1.165, 1.54) is 0 Å². The van der Waals surface area contributed by atoms with Crippen LogP contribution in [0.25, 0.3) is 6.08 Å². The molecule has 0 heterocycles. The van der Waals surface area contributed by atoms with Crippen LogP contribution in [-0.2, 0) is 16.4 Å². The molecular formula is C20H22N2O3S. The molecule has 136 valence electrons. The van der Waals surface area contributed by atoms with Crippen molar-refractivity contribution in [3.05, 3.63) is 70.1 Å². The topological polar surface area (TPSA) is 75.3 Å². The SMILES string of the molecule is CCCNC(=O)c1ccccc1NS(=O)(=O)C1=Cc2ccccc2CC1. The van der Waals surface area contributed by atoms with E-state index >= 15 is 0 Å². The Morgan fingerprint density at radius 3 is 2.58 bits per heavy atom. The van der Waals surface area contributed by atoms with Crippen molar-refractivity contribution >= 4 is 27.7 Å². The Kier molecular flexibility index (Phi) is 5.42. The lowest BCUT2D eigenvalue weighted by molar-refractivity contribution is 0.0954. The number of allylic oxidation sites excluding steroid dienone is 1. The summed E-state index contributed by atoms with van der Waals surface area (Å²) in [5, 5.41) is 2.78. The number of hydrogen-bond donors (Lipinski definition) is 2. The summed E-state index contributed by atoms with van der Waals surface area (Å²) in [4.78, 5) is 12.6. The van der Waals surface area contributed by atoms with Crippen LogP contribution in [0.3, 0.4) is 0 Å². The van der Waals surface area contributed by atoms with Crippen molar-refractivity contribution in [3.8, 4) is 0 Å². The highest BCUT2D eigenvalue weighted by Gasteiger charge is 2.23. The molecule has 0 fully saturated rings. The van der Waals surface area contributed by atoms with E-state index < -0.39 is 10.0 Å². The summed E-state index contributed by atoms with van der Waals surface area (Å²) >= 11 is 0. The molecule has 0 saturated carbocycles. The lowest BCUT2D eigenvalue weighted by Gasteiger charge is -2.18. The van der Waals surface area contributed by atoms with Gasteiger partial charge in [0.25, 0.3) is 15.9 Å². The van der Waals surface area contributed by atoms with Crippen LogP contribution in [0.15, 0.2) is 53.4 Å². The summed E-state index contributed by atoms with van der Waals surface area (Å²) in [5.41, 5.74) is 2.68. The molecule has 1 aliphatic carbocycles. The fourth-order valence-electron chi connectivity index (χ4n) is 2.93. The Morgan fingerprint density at radius 1 is 1.04 bits per heavy atom. The Hall–Kier alpha value is -2.60. The summed E-state index contributed by atoms with van der Waals surface area (Å²) in [6, 6.07) is 14.4. The average molecular weight is 370 g/mol. The van der Waals surface area contributed by atoms with E-state index in [0.29, 0.717) is 35.5 Å². The highest BCUT2D eigenvalue weighted by Crippen LogP contribution is 2.28. The summed E-state index contributed by atoms with van der Waals surface area (Å²) in [7, 11) is -3.72. The third-order valence-corrected chi connectivity index (χ3v) is 5.81. The van der Waals surface area contributed by atoms with Gasteiger partial charge in [-0.1, -0.05) is 43.3 Å². The quantitative estimate of drug-likeness (QED) is 0.816. The number of carbonyl (C=O) groups is 1. The Bertz CT molecular complexity index is 949. The molecule has 0 aromatic heterocycles. The van der Waals surface area contributed by atoms with Crippen molar-refractivity contribution in [1.82, 2.24) is 5.32 Å². The summed E-state index contributed by atoms with van der Waals surface area (Å²) in [6.45, 7) is 2.50. The van der Waals surface area contributed by atoms with Gasteiger partial charge in [-0.25, -0.2) is 8.42 Å². The molecule has 1 amide bonds. The maximum absolute atomic E-state index is 12.8. The van der Waals surface area contributed by atoms with Gasteiger partial charge >= 0.3 is 0 Å². The van der Waals surface area contributed by atoms with Gasteiger partial charge < -0.3 is 5.32 Å². The maximum Gasteiger partial charge on any atom is 0.258 e. The van der Waals surface area contributed by atoms with Gasteiger partial charge in [0, 0.05) is 6.54 Å². The Balaban J connectivity index is 1.87. The molecule has 0 spiro atoms. The maximum atomic E-state index is 12.8. The number of amides is 1. The van der Waals surface area contributed by atoms with Crippen molar-refractivity contribution < 1.29 is 13.2 Å². The second kappa shape index (κ2) is 7.74. The molecule has 0 bridgehead atoms. The first-order valence-electron chi connectivity index (χ1n) is 8.70. The Morgan fingerprint density at radius 2 is 1.77 bits per heavy atom. The van der Waals surface area contributed by atoms with Crippen LogP contribution in [0.4, 0.5) is 5.69 Å². The number of aryl methyl sites for hydroxylation is 1. The van der Waals surface area contributed by atoms with E-state index in [-0.39, 0.29) is 5.91 Å². The number of anilines is 1. The van der Waals surface area contributed by atoms with Crippen molar-refractivity contribution in [2.24, 2.45) is 0 Å². The van der Waals surface area contributed by atoms with Crippen molar-refractivity contribution in [2.45, 2.75) is 26.2 Å². The lowest BCUT2D eigenvalue weighted by Crippen LogP contribution is -2.26. The molecule has 0 aliphatic heterocycles. The lowest BCUT2D eigenvalue weighted by atomic mass is 9.98. The van der Waals surface area contributed by atoms with E-state index in [1.54, 1.807) is 30.3 Å². The molecule has 2 N–H and O–H groups in total. The number of para-hydroxylation sites is 1. The van der Waals surface area contributed by atoms with Crippen LogP contribution in [0, 0.1) is 0 Å². The molecule has 2 aromatic carbocycles. The third kappa shape index (κ3) is 3.96. The molecular weight excluding hydrogens is 348 g/mol. The van der Waals surface area contributed by atoms with Gasteiger partial charge in [0.15, 0.2) is 0 Å². The van der Waals surface area contributed by atoms with E-state index in [1.807, 2.05) is 31.2 Å². The third-order valence-electron chi connectivity index (χ3n) is 4.31. The van der Waals surface area contributed by atoms with Crippen LogP contribution in [0.5, 0.6) is 0 Å². The minimum absolute atomic E-state index is 0.284. The van der Waals surface area contributed by atoms with Crippen molar-refractivity contribution in [3.63, 3.8) is 0 Å². The molecule has 5 nitrogen and oxygen atoms in total. The van der Waals surface area contributed by atoms with Gasteiger partial charge in [0.2, 0.25) is 0 Å². The number of rotatable bonds is 6. The van der Waals surface area contributed by atoms with Crippen LogP contribution < -0.4 is 10.0 Å². The second-order valence-electron chi connectivity index (χ2n) is 6.22. The second-order valence-corrected chi connectivity index (χ2v) is 7.95. The normalized spacial score (nSPS) is 13.5. The van der Waals surface area contributed by atoms with Gasteiger partial charge in [-0.2, -0.15) is 0 Å². The van der Waals surface area contributed by atoms with Gasteiger partial charge in [-0.3, -0.25) is 9.52 Å². The molecule has 6 heteroatoms. The summed E-state index contributed by atoms with van der Waals surface area (Å²) in [6.07, 6.45) is 3.64. The molecule has 1 aliphatic rings. The van der Waals surface area contributed by atoms with E-state index in [9.17, 15) is 13.2 Å². The number of fused-ring (bicyclic) bond motifs is 1. The van der Waals surface area contributed by atoms with E-state index in [0.717, 1.165) is 17.5 Å². The zero-order chi connectivity index (χ0) is 18.6. The molecule has 0 unspecified atom stereocenters. The number of carbonyl (C=O) groups excluding carboxylic acids is 1. The first-order chi connectivity index (χ1) is 12.5. The Labute approximate surface area is 154 Å². The van der Waals surface area contributed by atoms with Crippen LogP contribution in [0.1, 0.15) is 41.3 Å². The van der Waals surface area contributed by atoms with Gasteiger partial charge in [-0.15, -0.1) is 0 Å². The molecule has 3 rings (SSSR count). The van der Waals surface area contributed by atoms with Crippen LogP contribution in [0.2, 0.25) is 0 Å². The molecule has 2 aromatic rings. The van der Waals surface area contributed by atoms with Crippen LogP contribution >= 0.6 is 0 Å². The molecule has 26 heavy (non-hydrogen) atoms. The van der Waals surface area contributed by atoms with Crippen molar-refractivity contribution in [1.29, 1.82) is 0 Å². The van der Waals surface area contributed by atoms with E-state index in [2.05, 4.69) is 10.0 Å². The molecule has 0 saturated heterocycles. The molecule has 0 radical (unpaired) electrons. The number of nitrogens with one attached hydrogen (secondary N) is 2. The minimum atomic E-state index is -3.72. The standard InChI is InChI=1S/C20H22N2O3S/c1-2-13-21-20(23)18-9-5-6-10-19(18)22-26(24,25)17-12-11-15-7-3-4-8-16(15)14-17/h3-10,14,22H,2,11-13H2,1H3,(H,21,23). The molecule has 0 atom stereocenters. The fourth-order valence-corrected chi connectivity index (χ4v) is 4.18. The summed E-state index contributed by atoms with van der Waals surface area (Å²) in [5.74, 6) is -0.284. The average Bonchev–Trinajstić information content (AvgIpc) is 2.66. The number of benzene rings is 2. The zero-order valence-corrected chi connectivity index (χ0v) is 15.5. The fraction of sp³-hybridized carbons (Fsp3) is 0.250.